The number of benzene rings is 1. The molecule has 1 unspecified atom stereocenters. The van der Waals surface area contributed by atoms with Gasteiger partial charge in [0.15, 0.2) is 0 Å². The highest BCUT2D eigenvalue weighted by Crippen LogP contribution is 2.29. The lowest BCUT2D eigenvalue weighted by molar-refractivity contribution is 0.0601. The lowest BCUT2D eigenvalue weighted by Crippen LogP contribution is -2.37. The van der Waals surface area contributed by atoms with E-state index in [4.69, 9.17) is 5.73 Å². The number of rotatable bonds is 2. The number of nitrogens with zero attached hydrogens (tertiary/aromatic N) is 1. The number of hydrogen-bond donors (Lipinski definition) is 1. The van der Waals surface area contributed by atoms with Crippen LogP contribution in [0.25, 0.3) is 0 Å². The third-order valence-electron chi connectivity index (χ3n) is 3.03. The minimum Gasteiger partial charge on any atom is -0.465 e. The van der Waals surface area contributed by atoms with Crippen molar-refractivity contribution in [1.29, 1.82) is 0 Å². The molecule has 1 fully saturated rings. The predicted octanol–water partition coefficient (Wildman–Crippen LogP) is 2.00. The zero-order valence-electron chi connectivity index (χ0n) is 10.7. The van der Waals surface area contributed by atoms with Gasteiger partial charge in [-0.2, -0.15) is 11.8 Å². The molecule has 5 heteroatoms. The first-order valence-electron chi connectivity index (χ1n) is 5.96. The van der Waals surface area contributed by atoms with Gasteiger partial charge in [0.2, 0.25) is 0 Å². The van der Waals surface area contributed by atoms with Crippen LogP contribution < -0.4 is 10.6 Å². The third kappa shape index (κ3) is 2.72. The van der Waals surface area contributed by atoms with Gasteiger partial charge in [0.25, 0.3) is 0 Å². The van der Waals surface area contributed by atoms with Gasteiger partial charge < -0.3 is 15.4 Å². The van der Waals surface area contributed by atoms with Gasteiger partial charge in [-0.05, 0) is 18.2 Å². The molecular formula is C13H18N2O2S. The first-order valence-corrected chi connectivity index (χ1v) is 7.01. The molecular weight excluding hydrogens is 248 g/mol. The molecule has 1 heterocycles. The fourth-order valence-electron chi connectivity index (χ4n) is 2.12. The van der Waals surface area contributed by atoms with Crippen molar-refractivity contribution in [3.8, 4) is 0 Å². The van der Waals surface area contributed by atoms with Crippen molar-refractivity contribution in [2.24, 2.45) is 0 Å². The van der Waals surface area contributed by atoms with E-state index in [1.807, 2.05) is 17.8 Å². The lowest BCUT2D eigenvalue weighted by atomic mass is 10.1. The molecule has 2 rings (SSSR count). The van der Waals surface area contributed by atoms with Gasteiger partial charge in [-0.1, -0.05) is 6.92 Å². The fraction of sp³-hybridized carbons (Fsp3) is 0.462. The zero-order chi connectivity index (χ0) is 13.1. The highest BCUT2D eigenvalue weighted by Gasteiger charge is 2.19. The Balaban J connectivity index is 2.21. The summed E-state index contributed by atoms with van der Waals surface area (Å²) in [6, 6.07) is 5.36. The summed E-state index contributed by atoms with van der Waals surface area (Å²) in [5.74, 6) is 0.759. The number of carbonyl (C=O) groups excluding carboxylic acids is 1. The minimum absolute atomic E-state index is 0.351. The van der Waals surface area contributed by atoms with E-state index < -0.39 is 0 Å². The fourth-order valence-corrected chi connectivity index (χ4v) is 3.14. The molecule has 1 aromatic rings. The van der Waals surface area contributed by atoms with Crippen LogP contribution in [-0.4, -0.2) is 37.2 Å². The molecule has 2 N–H and O–H groups in total. The van der Waals surface area contributed by atoms with Crippen LogP contribution in [0, 0.1) is 0 Å². The van der Waals surface area contributed by atoms with Gasteiger partial charge in [0.1, 0.15) is 0 Å². The van der Waals surface area contributed by atoms with Gasteiger partial charge in [-0.15, -0.1) is 0 Å². The number of esters is 1. The normalized spacial score (nSPS) is 19.7. The van der Waals surface area contributed by atoms with E-state index in [1.165, 1.54) is 7.11 Å². The summed E-state index contributed by atoms with van der Waals surface area (Å²) in [6.45, 7) is 4.21. The number of anilines is 2. The Hall–Kier alpha value is -1.36. The van der Waals surface area contributed by atoms with Crippen molar-refractivity contribution in [2.45, 2.75) is 12.2 Å². The van der Waals surface area contributed by atoms with Crippen LogP contribution in [0.5, 0.6) is 0 Å². The molecule has 0 bridgehead atoms. The Morgan fingerprint density at radius 2 is 2.33 bits per heavy atom. The molecule has 18 heavy (non-hydrogen) atoms. The molecule has 4 nitrogen and oxygen atoms in total. The molecule has 0 aromatic heterocycles. The number of ether oxygens (including phenoxy) is 1. The molecule has 1 atom stereocenters. The number of nitrogens with two attached hydrogens (primary N) is 1. The van der Waals surface area contributed by atoms with Crippen LogP contribution in [0.4, 0.5) is 11.4 Å². The first-order chi connectivity index (χ1) is 8.61. The molecule has 0 saturated carbocycles. The highest BCUT2D eigenvalue weighted by molar-refractivity contribution is 8.00. The second-order valence-electron chi connectivity index (χ2n) is 4.39. The maximum absolute atomic E-state index is 11.4. The van der Waals surface area contributed by atoms with E-state index in [9.17, 15) is 4.79 Å². The monoisotopic (exact) mass is 266 g/mol. The van der Waals surface area contributed by atoms with Crippen molar-refractivity contribution < 1.29 is 9.53 Å². The van der Waals surface area contributed by atoms with Crippen molar-refractivity contribution in [1.82, 2.24) is 0 Å². The summed E-state index contributed by atoms with van der Waals surface area (Å²) in [5.41, 5.74) is 8.18. The van der Waals surface area contributed by atoms with Crippen LogP contribution in [0.1, 0.15) is 17.3 Å². The summed E-state index contributed by atoms with van der Waals surface area (Å²) in [4.78, 5) is 13.7. The molecule has 1 aromatic carbocycles. The van der Waals surface area contributed by atoms with Gasteiger partial charge in [-0.3, -0.25) is 0 Å². The van der Waals surface area contributed by atoms with Crippen LogP contribution in [-0.2, 0) is 4.74 Å². The van der Waals surface area contributed by atoms with E-state index in [0.29, 0.717) is 16.5 Å². The lowest BCUT2D eigenvalue weighted by Gasteiger charge is -2.33. The summed E-state index contributed by atoms with van der Waals surface area (Å²) in [6.07, 6.45) is 0. The van der Waals surface area contributed by atoms with Crippen molar-refractivity contribution in [3.63, 3.8) is 0 Å². The number of nitrogen functional groups attached to an aromatic ring is 1. The number of thioether (sulfide) groups is 1. The number of hydrogen-bond acceptors (Lipinski definition) is 5. The second-order valence-corrected chi connectivity index (χ2v) is 5.94. The average Bonchev–Trinajstić information content (AvgIpc) is 2.37. The maximum Gasteiger partial charge on any atom is 0.337 e. The van der Waals surface area contributed by atoms with Crippen LogP contribution in [0.3, 0.4) is 0 Å². The third-order valence-corrected chi connectivity index (χ3v) is 4.17. The van der Waals surface area contributed by atoms with E-state index in [2.05, 4.69) is 16.6 Å². The van der Waals surface area contributed by atoms with Crippen molar-refractivity contribution in [3.05, 3.63) is 23.8 Å². The Bertz CT molecular complexity index is 451. The quantitative estimate of drug-likeness (QED) is 0.655. The SMILES string of the molecule is COC(=O)c1ccc(N2CCSC(C)C2)c(N)c1. The summed E-state index contributed by atoms with van der Waals surface area (Å²) < 4.78 is 4.68. The number of methoxy groups -OCH3 is 1. The molecule has 0 radical (unpaired) electrons. The summed E-state index contributed by atoms with van der Waals surface area (Å²) >= 11 is 1.98. The molecule has 0 spiro atoms. The maximum atomic E-state index is 11.4. The smallest absolute Gasteiger partial charge is 0.337 e. The minimum atomic E-state index is -0.351. The van der Waals surface area contributed by atoms with E-state index in [1.54, 1.807) is 12.1 Å². The summed E-state index contributed by atoms with van der Waals surface area (Å²) in [7, 11) is 1.37. The molecule has 1 saturated heterocycles. The number of carbonyl (C=O) groups is 1. The highest BCUT2D eigenvalue weighted by atomic mass is 32.2. The van der Waals surface area contributed by atoms with E-state index in [0.717, 1.165) is 24.5 Å². The Labute approximate surface area is 111 Å². The van der Waals surface area contributed by atoms with Crippen molar-refractivity contribution in [2.75, 3.05) is 36.6 Å². The van der Waals surface area contributed by atoms with E-state index >= 15 is 0 Å². The molecule has 98 valence electrons. The van der Waals surface area contributed by atoms with Gasteiger partial charge in [-0.25, -0.2) is 4.79 Å². The molecule has 1 aliphatic heterocycles. The second kappa shape index (κ2) is 5.52. The topological polar surface area (TPSA) is 55.6 Å². The Kier molecular flexibility index (Phi) is 4.01. The van der Waals surface area contributed by atoms with Crippen LogP contribution >= 0.6 is 11.8 Å². The van der Waals surface area contributed by atoms with Crippen molar-refractivity contribution >= 4 is 29.1 Å². The van der Waals surface area contributed by atoms with Crippen LogP contribution in [0.2, 0.25) is 0 Å². The Morgan fingerprint density at radius 1 is 1.56 bits per heavy atom. The van der Waals surface area contributed by atoms with Gasteiger partial charge in [0, 0.05) is 24.1 Å². The molecule has 0 aliphatic carbocycles. The molecule has 0 amide bonds. The molecule has 1 aliphatic rings. The zero-order valence-corrected chi connectivity index (χ0v) is 11.5. The first kappa shape index (κ1) is 13.1. The largest absolute Gasteiger partial charge is 0.465 e. The van der Waals surface area contributed by atoms with Gasteiger partial charge >= 0.3 is 5.97 Å². The average molecular weight is 266 g/mol. The summed E-state index contributed by atoms with van der Waals surface area (Å²) in [5, 5.41) is 0.610. The van der Waals surface area contributed by atoms with Gasteiger partial charge in [0.05, 0.1) is 24.0 Å². The van der Waals surface area contributed by atoms with E-state index in [-0.39, 0.29) is 5.97 Å². The Morgan fingerprint density at radius 3 is 2.94 bits per heavy atom. The standard InChI is InChI=1S/C13H18N2O2S/c1-9-8-15(5-6-18-9)12-4-3-10(7-11(12)14)13(16)17-2/h3-4,7,9H,5-6,8,14H2,1-2H3. The van der Waals surface area contributed by atoms with Crippen LogP contribution in [0.15, 0.2) is 18.2 Å². The predicted molar refractivity (Wildman–Crippen MR) is 76.3 cm³/mol.